The Morgan fingerprint density at radius 1 is 1.04 bits per heavy atom. The molecule has 0 aliphatic heterocycles. The third-order valence-corrected chi connectivity index (χ3v) is 4.26. The first-order chi connectivity index (χ1) is 12.1. The lowest BCUT2D eigenvalue weighted by Gasteiger charge is -2.30. The monoisotopic (exact) mass is 347 g/mol. The third-order valence-electron chi connectivity index (χ3n) is 4.26. The summed E-state index contributed by atoms with van der Waals surface area (Å²) in [5.41, 5.74) is -0.346. The molecule has 2 aromatic carbocycles. The maximum absolute atomic E-state index is 14.0. The van der Waals surface area contributed by atoms with Gasteiger partial charge in [-0.25, -0.2) is 8.78 Å². The average molecular weight is 347 g/mol. The number of carbonyl (C=O) groups is 1. The lowest BCUT2D eigenvalue weighted by molar-refractivity contribution is -0.231. The van der Waals surface area contributed by atoms with Crippen molar-refractivity contribution in [3.05, 3.63) is 71.3 Å². The normalized spacial score (nSPS) is 16.0. The van der Waals surface area contributed by atoms with Gasteiger partial charge in [-0.05, 0) is 25.0 Å². The van der Waals surface area contributed by atoms with E-state index in [1.165, 1.54) is 6.07 Å². The number of hydroxylamine groups is 2. The van der Waals surface area contributed by atoms with E-state index in [4.69, 9.17) is 4.84 Å². The van der Waals surface area contributed by atoms with Crippen LogP contribution in [0.4, 0.5) is 8.78 Å². The number of nitrogens with zero attached hydrogens (tertiary/aromatic N) is 1. The fourth-order valence-electron chi connectivity index (χ4n) is 2.94. The molecule has 1 amide bonds. The summed E-state index contributed by atoms with van der Waals surface area (Å²) in [4.78, 5) is 18.4. The van der Waals surface area contributed by atoms with Gasteiger partial charge in [0.25, 0.3) is 5.91 Å². The molecule has 1 atom stereocenters. The number of hydrogen-bond donors (Lipinski definition) is 1. The second-order valence-corrected chi connectivity index (χ2v) is 6.02. The van der Waals surface area contributed by atoms with Gasteiger partial charge in [0.2, 0.25) is 0 Å². The molecular weight excluding hydrogens is 328 g/mol. The molecule has 25 heavy (non-hydrogen) atoms. The molecule has 1 N–H and O–H groups in total. The van der Waals surface area contributed by atoms with Gasteiger partial charge in [-0.2, -0.15) is 5.06 Å². The average Bonchev–Trinajstić information content (AvgIpc) is 3.13. The third kappa shape index (κ3) is 3.86. The van der Waals surface area contributed by atoms with Crippen LogP contribution >= 0.6 is 0 Å². The molecule has 4 nitrogen and oxygen atoms in total. The van der Waals surface area contributed by atoms with Gasteiger partial charge in [-0.1, -0.05) is 49.2 Å². The van der Waals surface area contributed by atoms with E-state index in [9.17, 15) is 18.7 Å². The van der Waals surface area contributed by atoms with Crippen LogP contribution in [0.25, 0.3) is 0 Å². The van der Waals surface area contributed by atoms with Gasteiger partial charge in [0.15, 0.2) is 6.23 Å². The standard InChI is InChI=1S/C19H19F2NO3/c20-15-11-6-12-16(21)17(15)19(24)22(25-14-9-4-5-10-14)18(23)13-7-2-1-3-8-13/h1-3,6-8,11-12,14,18,23H,4-5,9-10H2. The van der Waals surface area contributed by atoms with Crippen molar-refractivity contribution in [1.82, 2.24) is 5.06 Å². The molecule has 1 unspecified atom stereocenters. The lowest BCUT2D eigenvalue weighted by Crippen LogP contribution is -2.38. The van der Waals surface area contributed by atoms with Gasteiger partial charge in [0.1, 0.15) is 17.2 Å². The van der Waals surface area contributed by atoms with Crippen molar-refractivity contribution < 1.29 is 23.5 Å². The van der Waals surface area contributed by atoms with E-state index in [0.717, 1.165) is 37.8 Å². The Hall–Kier alpha value is -2.31. The lowest BCUT2D eigenvalue weighted by atomic mass is 10.1. The fourth-order valence-corrected chi connectivity index (χ4v) is 2.94. The Bertz CT molecular complexity index is 712. The van der Waals surface area contributed by atoms with Crippen molar-refractivity contribution in [3.63, 3.8) is 0 Å². The number of aliphatic hydroxyl groups is 1. The zero-order chi connectivity index (χ0) is 17.8. The molecule has 1 aliphatic carbocycles. The highest BCUT2D eigenvalue weighted by Gasteiger charge is 2.32. The van der Waals surface area contributed by atoms with Gasteiger partial charge in [-0.3, -0.25) is 9.63 Å². The van der Waals surface area contributed by atoms with Crippen molar-refractivity contribution in [2.75, 3.05) is 0 Å². The molecule has 0 aromatic heterocycles. The van der Waals surface area contributed by atoms with Crippen LogP contribution < -0.4 is 0 Å². The summed E-state index contributed by atoms with van der Waals surface area (Å²) in [6.45, 7) is 0. The molecule has 0 saturated heterocycles. The highest BCUT2D eigenvalue weighted by molar-refractivity contribution is 5.94. The maximum atomic E-state index is 14.0. The quantitative estimate of drug-likeness (QED) is 0.658. The number of hydrogen-bond acceptors (Lipinski definition) is 3. The van der Waals surface area contributed by atoms with Crippen LogP contribution in [-0.4, -0.2) is 22.2 Å². The fraction of sp³-hybridized carbons (Fsp3) is 0.316. The van der Waals surface area contributed by atoms with Crippen molar-refractivity contribution in [3.8, 4) is 0 Å². The molecule has 132 valence electrons. The minimum Gasteiger partial charge on any atom is -0.367 e. The van der Waals surface area contributed by atoms with Crippen molar-refractivity contribution in [1.29, 1.82) is 0 Å². The molecule has 1 aliphatic rings. The minimum atomic E-state index is -1.46. The smallest absolute Gasteiger partial charge is 0.286 e. The van der Waals surface area contributed by atoms with Crippen LogP contribution in [0.5, 0.6) is 0 Å². The topological polar surface area (TPSA) is 49.8 Å². The summed E-state index contributed by atoms with van der Waals surface area (Å²) in [5.74, 6) is -3.03. The van der Waals surface area contributed by atoms with Crippen LogP contribution in [0.1, 0.15) is 47.8 Å². The van der Waals surface area contributed by atoms with Crippen molar-refractivity contribution in [2.45, 2.75) is 38.0 Å². The zero-order valence-electron chi connectivity index (χ0n) is 13.6. The number of halogens is 2. The summed E-state index contributed by atoms with van der Waals surface area (Å²) in [6.07, 6.45) is 1.62. The SMILES string of the molecule is O=C(c1c(F)cccc1F)N(OC1CCCC1)C(O)c1ccccc1. The van der Waals surface area contributed by atoms with Crippen LogP contribution in [0.15, 0.2) is 48.5 Å². The summed E-state index contributed by atoms with van der Waals surface area (Å²) < 4.78 is 28.0. The van der Waals surface area contributed by atoms with Gasteiger partial charge < -0.3 is 5.11 Å². The van der Waals surface area contributed by atoms with E-state index in [-0.39, 0.29) is 6.10 Å². The van der Waals surface area contributed by atoms with E-state index in [1.807, 2.05) is 0 Å². The summed E-state index contributed by atoms with van der Waals surface area (Å²) in [7, 11) is 0. The van der Waals surface area contributed by atoms with E-state index in [0.29, 0.717) is 10.6 Å². The summed E-state index contributed by atoms with van der Waals surface area (Å²) >= 11 is 0. The zero-order valence-corrected chi connectivity index (χ0v) is 13.6. The molecular formula is C19H19F2NO3. The molecule has 1 saturated carbocycles. The van der Waals surface area contributed by atoms with E-state index in [1.54, 1.807) is 30.3 Å². The molecule has 3 rings (SSSR count). The van der Waals surface area contributed by atoms with Gasteiger partial charge in [0.05, 0.1) is 6.10 Å². The largest absolute Gasteiger partial charge is 0.367 e. The summed E-state index contributed by atoms with van der Waals surface area (Å²) in [6, 6.07) is 11.5. The number of aliphatic hydroxyl groups excluding tert-OH is 1. The summed E-state index contributed by atoms with van der Waals surface area (Å²) in [5, 5.41) is 11.3. The second kappa shape index (κ2) is 7.72. The van der Waals surface area contributed by atoms with Crippen molar-refractivity contribution >= 4 is 5.91 Å². The first-order valence-corrected chi connectivity index (χ1v) is 8.25. The van der Waals surface area contributed by atoms with Crippen LogP contribution in [0.2, 0.25) is 0 Å². The van der Waals surface area contributed by atoms with Crippen molar-refractivity contribution in [2.24, 2.45) is 0 Å². The highest BCUT2D eigenvalue weighted by atomic mass is 19.1. The predicted octanol–water partition coefficient (Wildman–Crippen LogP) is 3.97. The second-order valence-electron chi connectivity index (χ2n) is 6.02. The molecule has 1 fully saturated rings. The minimum absolute atomic E-state index is 0.267. The van der Waals surface area contributed by atoms with Gasteiger partial charge in [-0.15, -0.1) is 0 Å². The van der Waals surface area contributed by atoms with E-state index in [2.05, 4.69) is 0 Å². The first kappa shape index (κ1) is 17.5. The Morgan fingerprint density at radius 3 is 2.24 bits per heavy atom. The Kier molecular flexibility index (Phi) is 5.40. The molecule has 0 bridgehead atoms. The highest BCUT2D eigenvalue weighted by Crippen LogP contribution is 2.28. The number of rotatable bonds is 5. The molecule has 0 spiro atoms. The van der Waals surface area contributed by atoms with E-state index < -0.39 is 29.3 Å². The molecule has 0 radical (unpaired) electrons. The maximum Gasteiger partial charge on any atom is 0.286 e. The number of amides is 1. The Labute approximate surface area is 144 Å². The van der Waals surface area contributed by atoms with Gasteiger partial charge >= 0.3 is 0 Å². The molecule has 6 heteroatoms. The van der Waals surface area contributed by atoms with Crippen LogP contribution in [0, 0.1) is 11.6 Å². The Balaban J connectivity index is 1.93. The van der Waals surface area contributed by atoms with Gasteiger partial charge in [0, 0.05) is 5.56 Å². The number of carbonyl (C=O) groups excluding carboxylic acids is 1. The number of benzene rings is 2. The van der Waals surface area contributed by atoms with Crippen LogP contribution in [-0.2, 0) is 4.84 Å². The van der Waals surface area contributed by atoms with E-state index >= 15 is 0 Å². The first-order valence-electron chi connectivity index (χ1n) is 8.25. The Morgan fingerprint density at radius 2 is 1.64 bits per heavy atom. The molecule has 2 aromatic rings. The molecule has 0 heterocycles. The predicted molar refractivity (Wildman–Crippen MR) is 87.3 cm³/mol. The van der Waals surface area contributed by atoms with Crippen LogP contribution in [0.3, 0.4) is 0 Å².